The molecule has 2 rings (SSSR count). The molecule has 0 aliphatic heterocycles. The van der Waals surface area contributed by atoms with E-state index < -0.39 is 17.7 Å². The van der Waals surface area contributed by atoms with Gasteiger partial charge >= 0.3 is 12.1 Å². The SMILES string of the molecule is CCCCC(CC)COC(=O)c1ccc(N(/C=C(/c2ccccc2)C(F)(F)F)CC)cc1. The lowest BCUT2D eigenvalue weighted by atomic mass is 10.0. The Bertz CT molecular complexity index is 861. The van der Waals surface area contributed by atoms with E-state index in [1.54, 1.807) is 49.4 Å². The Labute approximate surface area is 188 Å². The number of allylic oxidation sites excluding steroid dienone is 1. The van der Waals surface area contributed by atoms with E-state index >= 15 is 0 Å². The van der Waals surface area contributed by atoms with Gasteiger partial charge in [-0.05, 0) is 49.1 Å². The average molecular weight is 448 g/mol. The van der Waals surface area contributed by atoms with Crippen molar-refractivity contribution in [2.75, 3.05) is 18.1 Å². The number of anilines is 1. The number of rotatable bonds is 11. The molecule has 3 nitrogen and oxygen atoms in total. The summed E-state index contributed by atoms with van der Waals surface area (Å²) in [5.41, 5.74) is 0.336. The highest BCUT2D eigenvalue weighted by Gasteiger charge is 2.35. The second kappa shape index (κ2) is 12.3. The number of alkyl halides is 3. The van der Waals surface area contributed by atoms with Gasteiger partial charge in [-0.15, -0.1) is 0 Å². The largest absolute Gasteiger partial charge is 0.462 e. The molecule has 0 fully saturated rings. The lowest BCUT2D eigenvalue weighted by Crippen LogP contribution is -2.20. The second-order valence-corrected chi connectivity index (χ2v) is 7.75. The van der Waals surface area contributed by atoms with Gasteiger partial charge < -0.3 is 9.64 Å². The van der Waals surface area contributed by atoms with Crippen LogP contribution in [0.2, 0.25) is 0 Å². The quantitative estimate of drug-likeness (QED) is 0.334. The Hall–Kier alpha value is -2.76. The topological polar surface area (TPSA) is 29.5 Å². The molecule has 0 radical (unpaired) electrons. The number of unbranched alkanes of at least 4 members (excludes halogenated alkanes) is 1. The molecule has 1 unspecified atom stereocenters. The normalized spacial score (nSPS) is 13.0. The van der Waals surface area contributed by atoms with Crippen molar-refractivity contribution in [1.82, 2.24) is 0 Å². The Kier molecular flexibility index (Phi) is 9.82. The maximum Gasteiger partial charge on any atom is 0.418 e. The molecule has 0 heterocycles. The predicted molar refractivity (Wildman–Crippen MR) is 124 cm³/mol. The minimum atomic E-state index is -4.49. The van der Waals surface area contributed by atoms with Gasteiger partial charge in [0.1, 0.15) is 0 Å². The fourth-order valence-corrected chi connectivity index (χ4v) is 3.40. The van der Waals surface area contributed by atoms with Crippen LogP contribution in [0.1, 0.15) is 62.4 Å². The lowest BCUT2D eigenvalue weighted by Gasteiger charge is -2.22. The van der Waals surface area contributed by atoms with Crippen LogP contribution in [0.25, 0.3) is 5.57 Å². The van der Waals surface area contributed by atoms with Crippen molar-refractivity contribution in [2.45, 2.75) is 52.6 Å². The standard InChI is InChI=1S/C26H32F3NO2/c1-4-7-11-20(5-2)19-32-25(31)22-14-16-23(17-15-22)30(6-3)18-24(26(27,28)29)21-12-9-8-10-13-21/h8-10,12-18,20H,4-7,11,19H2,1-3H3/b24-18-. The molecule has 0 amide bonds. The minimum absolute atomic E-state index is 0.104. The fraction of sp³-hybridized carbons (Fsp3) is 0.423. The molecule has 0 bridgehead atoms. The molecule has 6 heteroatoms. The summed E-state index contributed by atoms with van der Waals surface area (Å²) >= 11 is 0. The van der Waals surface area contributed by atoms with E-state index in [-0.39, 0.29) is 5.56 Å². The van der Waals surface area contributed by atoms with Crippen LogP contribution in [-0.4, -0.2) is 25.3 Å². The Morgan fingerprint density at radius 1 is 1.00 bits per heavy atom. The summed E-state index contributed by atoms with van der Waals surface area (Å²) in [5, 5.41) is 0. The summed E-state index contributed by atoms with van der Waals surface area (Å²) in [5.74, 6) is -0.0666. The van der Waals surface area contributed by atoms with Crippen LogP contribution in [0.4, 0.5) is 18.9 Å². The van der Waals surface area contributed by atoms with Crippen molar-refractivity contribution >= 4 is 17.2 Å². The summed E-state index contributed by atoms with van der Waals surface area (Å²) in [6, 6.07) is 14.2. The number of hydrogen-bond donors (Lipinski definition) is 0. The Morgan fingerprint density at radius 2 is 1.66 bits per heavy atom. The summed E-state index contributed by atoms with van der Waals surface area (Å²) < 4.78 is 46.5. The molecule has 1 atom stereocenters. The van der Waals surface area contributed by atoms with Gasteiger partial charge in [0.2, 0.25) is 0 Å². The first-order valence-electron chi connectivity index (χ1n) is 11.2. The molecular formula is C26H32F3NO2. The maximum absolute atomic E-state index is 13.7. The number of esters is 1. The van der Waals surface area contributed by atoms with Crippen molar-refractivity contribution in [3.63, 3.8) is 0 Å². The summed E-state index contributed by atoms with van der Waals surface area (Å²) in [6.45, 7) is 6.71. The highest BCUT2D eigenvalue weighted by atomic mass is 19.4. The van der Waals surface area contributed by atoms with Crippen LogP contribution in [0, 0.1) is 5.92 Å². The first kappa shape index (κ1) is 25.5. The predicted octanol–water partition coefficient (Wildman–Crippen LogP) is 7.49. The lowest BCUT2D eigenvalue weighted by molar-refractivity contribution is -0.0690. The zero-order valence-electron chi connectivity index (χ0n) is 19.0. The summed E-state index contributed by atoms with van der Waals surface area (Å²) in [4.78, 5) is 13.9. The van der Waals surface area contributed by atoms with Gasteiger partial charge in [-0.25, -0.2) is 4.79 Å². The molecule has 0 saturated carbocycles. The third-order valence-corrected chi connectivity index (χ3v) is 5.44. The van der Waals surface area contributed by atoms with Crippen LogP contribution >= 0.6 is 0 Å². The monoisotopic (exact) mass is 447 g/mol. The van der Waals surface area contributed by atoms with Crippen LogP contribution in [0.3, 0.4) is 0 Å². The molecule has 0 aliphatic carbocycles. The van der Waals surface area contributed by atoms with Gasteiger partial charge in [-0.1, -0.05) is 63.4 Å². The van der Waals surface area contributed by atoms with Crippen LogP contribution in [-0.2, 0) is 4.74 Å². The minimum Gasteiger partial charge on any atom is -0.462 e. The van der Waals surface area contributed by atoms with E-state index in [1.165, 1.54) is 17.0 Å². The molecule has 2 aromatic rings. The Morgan fingerprint density at radius 3 is 2.19 bits per heavy atom. The van der Waals surface area contributed by atoms with Gasteiger partial charge in [0.05, 0.1) is 17.7 Å². The number of benzene rings is 2. The van der Waals surface area contributed by atoms with Gasteiger partial charge in [0.15, 0.2) is 0 Å². The van der Waals surface area contributed by atoms with Gasteiger partial charge in [-0.3, -0.25) is 0 Å². The van der Waals surface area contributed by atoms with Crippen molar-refractivity contribution in [3.8, 4) is 0 Å². The number of nitrogens with zero attached hydrogens (tertiary/aromatic N) is 1. The molecule has 0 aliphatic rings. The van der Waals surface area contributed by atoms with Crippen molar-refractivity contribution < 1.29 is 22.7 Å². The molecular weight excluding hydrogens is 415 g/mol. The third-order valence-electron chi connectivity index (χ3n) is 5.44. The molecule has 32 heavy (non-hydrogen) atoms. The van der Waals surface area contributed by atoms with E-state index in [0.717, 1.165) is 31.9 Å². The average Bonchev–Trinajstić information content (AvgIpc) is 2.79. The maximum atomic E-state index is 13.7. The van der Waals surface area contributed by atoms with Gasteiger partial charge in [0, 0.05) is 18.4 Å². The van der Waals surface area contributed by atoms with Crippen LogP contribution in [0.15, 0.2) is 60.8 Å². The molecule has 0 N–H and O–H groups in total. The smallest absolute Gasteiger partial charge is 0.418 e. The van der Waals surface area contributed by atoms with E-state index in [4.69, 9.17) is 4.74 Å². The molecule has 2 aromatic carbocycles. The molecule has 0 spiro atoms. The number of carbonyl (C=O) groups excluding carboxylic acids is 1. The van der Waals surface area contributed by atoms with Crippen LogP contribution in [0.5, 0.6) is 0 Å². The first-order valence-corrected chi connectivity index (χ1v) is 11.2. The molecule has 174 valence electrons. The van der Waals surface area contributed by atoms with E-state index in [2.05, 4.69) is 13.8 Å². The van der Waals surface area contributed by atoms with E-state index in [0.29, 0.717) is 30.3 Å². The summed E-state index contributed by atoms with van der Waals surface area (Å²) in [6.07, 6.45) is 0.809. The zero-order chi connectivity index (χ0) is 23.6. The van der Waals surface area contributed by atoms with Crippen molar-refractivity contribution in [2.24, 2.45) is 5.92 Å². The van der Waals surface area contributed by atoms with Crippen molar-refractivity contribution in [1.29, 1.82) is 0 Å². The number of ether oxygens (including phenoxy) is 1. The van der Waals surface area contributed by atoms with E-state index in [1.807, 2.05) is 0 Å². The fourth-order valence-electron chi connectivity index (χ4n) is 3.40. The highest BCUT2D eigenvalue weighted by Crippen LogP contribution is 2.35. The van der Waals surface area contributed by atoms with Gasteiger partial charge in [0.25, 0.3) is 0 Å². The third kappa shape index (κ3) is 7.43. The number of hydrogen-bond acceptors (Lipinski definition) is 3. The second-order valence-electron chi connectivity index (χ2n) is 7.75. The van der Waals surface area contributed by atoms with Crippen molar-refractivity contribution in [3.05, 3.63) is 71.9 Å². The first-order chi connectivity index (χ1) is 15.3. The Balaban J connectivity index is 2.15. The number of halogens is 3. The van der Waals surface area contributed by atoms with Gasteiger partial charge in [-0.2, -0.15) is 13.2 Å². The van der Waals surface area contributed by atoms with Crippen LogP contribution < -0.4 is 4.90 Å². The van der Waals surface area contributed by atoms with E-state index in [9.17, 15) is 18.0 Å². The summed E-state index contributed by atoms with van der Waals surface area (Å²) in [7, 11) is 0. The molecule has 0 aromatic heterocycles. The highest BCUT2D eigenvalue weighted by molar-refractivity contribution is 5.90. The number of carbonyl (C=O) groups is 1. The molecule has 0 saturated heterocycles. The zero-order valence-corrected chi connectivity index (χ0v) is 19.0.